The van der Waals surface area contributed by atoms with Crippen LogP contribution in [0.25, 0.3) is 0 Å². The molecular weight excluding hydrogens is 679 g/mol. The van der Waals surface area contributed by atoms with Crippen LogP contribution in [-0.4, -0.2) is 60.9 Å². The third-order valence-corrected chi connectivity index (χ3v) is 12.1. The number of halogens is 4. The van der Waals surface area contributed by atoms with Gasteiger partial charge in [-0.2, -0.15) is 13.2 Å². The molecule has 2 bridgehead atoms. The van der Waals surface area contributed by atoms with Crippen LogP contribution in [-0.2, 0) is 31.3 Å². The van der Waals surface area contributed by atoms with Crippen molar-refractivity contribution in [2.24, 2.45) is 16.2 Å². The Hall–Kier alpha value is -3.09. The topological polar surface area (TPSA) is 97.3 Å². The van der Waals surface area contributed by atoms with E-state index >= 15 is 0 Å². The minimum Gasteiger partial charge on any atom is -0.490 e. The van der Waals surface area contributed by atoms with Crippen LogP contribution in [0.1, 0.15) is 80.3 Å². The molecule has 2 aliphatic heterocycles. The molecule has 49 heavy (non-hydrogen) atoms. The van der Waals surface area contributed by atoms with Crippen molar-refractivity contribution in [3.63, 3.8) is 0 Å². The van der Waals surface area contributed by atoms with E-state index in [4.69, 9.17) is 21.1 Å². The Bertz CT molecular complexity index is 1690. The molecule has 13 heteroatoms. The van der Waals surface area contributed by atoms with Crippen molar-refractivity contribution in [3.05, 3.63) is 70.3 Å². The number of ether oxygens (including phenoxy) is 2. The van der Waals surface area contributed by atoms with Gasteiger partial charge < -0.3 is 14.4 Å². The summed E-state index contributed by atoms with van der Waals surface area (Å²) in [4.78, 5) is 28.6. The Labute approximate surface area is 292 Å². The first kappa shape index (κ1) is 37.2. The van der Waals surface area contributed by atoms with Crippen molar-refractivity contribution in [1.82, 2.24) is 4.72 Å². The predicted molar refractivity (Wildman–Crippen MR) is 186 cm³/mol. The Morgan fingerprint density at radius 2 is 2.00 bits per heavy atom. The summed E-state index contributed by atoms with van der Waals surface area (Å²) in [7, 11) is -1.98. The molecule has 5 rings (SSSR count). The lowest BCUT2D eigenvalue weighted by atomic mass is 9.70. The third kappa shape index (κ3) is 9.18. The number of allylic oxidation sites excluding steroid dienone is 1. The Kier molecular flexibility index (Phi) is 11.7. The molecule has 1 aliphatic carbocycles. The third-order valence-electron chi connectivity index (χ3n) is 9.97. The largest absolute Gasteiger partial charge is 0.490 e. The number of nitrogens with zero attached hydrogens (tertiary/aromatic N) is 2. The second-order valence-corrected chi connectivity index (χ2v) is 16.1. The molecule has 2 heterocycles. The minimum absolute atomic E-state index is 0.107. The Balaban J connectivity index is 1.54. The second-order valence-electron chi connectivity index (χ2n) is 13.6. The van der Waals surface area contributed by atoms with Gasteiger partial charge in [-0.1, -0.05) is 43.7 Å². The average Bonchev–Trinajstić information content (AvgIpc) is 3.18. The number of carbonyl (C=O) groups excluding carboxylic acids is 2. The number of nitrogens with one attached hydrogen (secondary N) is 1. The molecule has 268 valence electrons. The lowest BCUT2D eigenvalue weighted by molar-refractivity contribution is -0.137. The first-order valence-electron chi connectivity index (χ1n) is 16.9. The van der Waals surface area contributed by atoms with Crippen LogP contribution in [0.2, 0.25) is 5.02 Å². The zero-order valence-electron chi connectivity index (χ0n) is 28.2. The van der Waals surface area contributed by atoms with E-state index in [1.165, 1.54) is 11.1 Å². The number of aryl methyl sites for hydroxylation is 1. The second kappa shape index (κ2) is 15.4. The predicted octanol–water partition coefficient (Wildman–Crippen LogP) is 7.82. The summed E-state index contributed by atoms with van der Waals surface area (Å²) in [6, 6.07) is 11.1. The fourth-order valence-electron chi connectivity index (χ4n) is 7.16. The Morgan fingerprint density at radius 1 is 1.20 bits per heavy atom. The summed E-state index contributed by atoms with van der Waals surface area (Å²) < 4.78 is 70.8. The van der Waals surface area contributed by atoms with Gasteiger partial charge in [-0.05, 0) is 91.8 Å². The Morgan fingerprint density at radius 3 is 2.76 bits per heavy atom. The molecule has 0 aromatic heterocycles. The number of benzene rings is 2. The zero-order chi connectivity index (χ0) is 35.4. The molecule has 1 unspecified atom stereocenters. The number of carbonyl (C=O) groups is 2. The number of rotatable bonds is 5. The summed E-state index contributed by atoms with van der Waals surface area (Å²) in [5.41, 5.74) is 2.95. The normalized spacial score (nSPS) is 28.5. The van der Waals surface area contributed by atoms with Crippen LogP contribution in [0.5, 0.6) is 5.75 Å². The van der Waals surface area contributed by atoms with E-state index in [0.29, 0.717) is 49.0 Å². The van der Waals surface area contributed by atoms with E-state index in [-0.39, 0.29) is 34.7 Å². The molecule has 0 saturated carbocycles. The van der Waals surface area contributed by atoms with Crippen molar-refractivity contribution in [3.8, 4) is 5.75 Å². The fourth-order valence-corrected chi connectivity index (χ4v) is 8.99. The van der Waals surface area contributed by atoms with Crippen molar-refractivity contribution >= 4 is 39.0 Å². The van der Waals surface area contributed by atoms with Crippen LogP contribution in [0, 0.1) is 11.8 Å². The maximum Gasteiger partial charge on any atom is 0.389 e. The summed E-state index contributed by atoms with van der Waals surface area (Å²) in [6.45, 7) is 6.03. The van der Waals surface area contributed by atoms with Gasteiger partial charge in [-0.15, -0.1) is 4.36 Å². The van der Waals surface area contributed by atoms with Crippen molar-refractivity contribution in [1.29, 1.82) is 0 Å². The molecule has 2 aromatic carbocycles. The molecule has 8 nitrogen and oxygen atoms in total. The van der Waals surface area contributed by atoms with Gasteiger partial charge in [-0.3, -0.25) is 14.3 Å². The SMILES string of the molecule is CO[C@H]1/C=C/CCCS(=O)(NC(=O)CCCC(F)(F)F)=NC(=O)c2ccc3c(c2)N(C[C@H](C)[C@H]1C)C[C@@]1(CCCc2cc(Cl)ccc21)CO3. The summed E-state index contributed by atoms with van der Waals surface area (Å²) in [5, 5.41) is 0.695. The minimum atomic E-state index is -4.41. The van der Waals surface area contributed by atoms with E-state index in [1.54, 1.807) is 25.3 Å². The number of hydrogen-bond donors (Lipinski definition) is 1. The fraction of sp³-hybridized carbons (Fsp3) is 0.556. The van der Waals surface area contributed by atoms with Gasteiger partial charge in [0.1, 0.15) is 15.7 Å². The van der Waals surface area contributed by atoms with Gasteiger partial charge >= 0.3 is 6.18 Å². The van der Waals surface area contributed by atoms with Crippen LogP contribution >= 0.6 is 11.6 Å². The van der Waals surface area contributed by atoms with E-state index in [0.717, 1.165) is 19.3 Å². The summed E-state index contributed by atoms with van der Waals surface area (Å²) >= 11 is 6.40. The van der Waals surface area contributed by atoms with Crippen molar-refractivity contribution in [2.75, 3.05) is 37.5 Å². The molecule has 1 spiro atoms. The van der Waals surface area contributed by atoms with Crippen LogP contribution in [0.15, 0.2) is 52.9 Å². The van der Waals surface area contributed by atoms with Crippen molar-refractivity contribution in [2.45, 2.75) is 82.9 Å². The number of amides is 2. The van der Waals surface area contributed by atoms with Gasteiger partial charge in [0, 0.05) is 49.0 Å². The average molecular weight is 724 g/mol. The molecule has 2 aromatic rings. The van der Waals surface area contributed by atoms with Crippen LogP contribution in [0.4, 0.5) is 18.9 Å². The summed E-state index contributed by atoms with van der Waals surface area (Å²) in [6.07, 6.45) is 0.790. The number of alkyl halides is 3. The monoisotopic (exact) mass is 723 g/mol. The lowest BCUT2D eigenvalue weighted by Crippen LogP contribution is -2.47. The summed E-state index contributed by atoms with van der Waals surface area (Å²) in [5.74, 6) is -0.909. The van der Waals surface area contributed by atoms with Crippen LogP contribution < -0.4 is 14.4 Å². The first-order chi connectivity index (χ1) is 23.2. The molecule has 1 N–H and O–H groups in total. The van der Waals surface area contributed by atoms with Crippen molar-refractivity contribution < 1.29 is 36.4 Å². The molecule has 2 amide bonds. The quantitative estimate of drug-likeness (QED) is 0.316. The van der Waals surface area contributed by atoms with E-state index < -0.39 is 47.2 Å². The molecular formula is C36H45ClF3N3O5S. The van der Waals surface area contributed by atoms with Gasteiger partial charge in [0.2, 0.25) is 5.91 Å². The highest BCUT2D eigenvalue weighted by atomic mass is 35.5. The zero-order valence-corrected chi connectivity index (χ0v) is 29.8. The number of fused-ring (bicyclic) bond motifs is 3. The lowest BCUT2D eigenvalue weighted by Gasteiger charge is -2.42. The van der Waals surface area contributed by atoms with Gasteiger partial charge in [0.05, 0.1) is 24.2 Å². The number of hydrogen-bond acceptors (Lipinski definition) is 6. The smallest absolute Gasteiger partial charge is 0.389 e. The van der Waals surface area contributed by atoms with E-state index in [1.807, 2.05) is 24.3 Å². The van der Waals surface area contributed by atoms with E-state index in [2.05, 4.69) is 33.9 Å². The molecule has 0 radical (unpaired) electrons. The maximum atomic E-state index is 14.0. The van der Waals surface area contributed by atoms with E-state index in [9.17, 15) is 27.0 Å². The number of anilines is 1. The van der Waals surface area contributed by atoms with Gasteiger partial charge in [-0.25, -0.2) is 4.21 Å². The number of methoxy groups -OCH3 is 1. The van der Waals surface area contributed by atoms with Gasteiger partial charge in [0.25, 0.3) is 5.91 Å². The standard InChI is InChI=1S/C36H45ClF3N3O5S/c1-24-21-43-22-35(16-7-9-26-19-28(37)13-14-29(26)35)23-48-32-15-12-27(20-30(32)43)34(45)42-49(46,41-33(44)11-8-17-36(38,39)40)18-6-4-5-10-31(47-3)25(24)2/h5,10,12-15,19-20,24-25,31H,4,6-9,11,16-18,21-23H2,1-3H3,(H,41,42,44,45,46)/b10-5+/t24-,25+,31-,35-,49?/m0/s1. The first-order valence-corrected chi connectivity index (χ1v) is 18.9. The highest BCUT2D eigenvalue weighted by Gasteiger charge is 2.42. The van der Waals surface area contributed by atoms with Crippen LogP contribution in [0.3, 0.4) is 0 Å². The highest BCUT2D eigenvalue weighted by Crippen LogP contribution is 2.45. The molecule has 0 saturated heterocycles. The maximum absolute atomic E-state index is 14.0. The van der Waals surface area contributed by atoms with Gasteiger partial charge in [0.15, 0.2) is 0 Å². The highest BCUT2D eigenvalue weighted by molar-refractivity contribution is 7.92. The molecule has 0 fully saturated rings. The molecule has 5 atom stereocenters. The molecule has 3 aliphatic rings.